The molecule has 0 aliphatic heterocycles. The molecule has 0 fully saturated rings. The summed E-state index contributed by atoms with van der Waals surface area (Å²) < 4.78 is 0. The van der Waals surface area contributed by atoms with Gasteiger partial charge < -0.3 is 15.6 Å². The minimum absolute atomic E-state index is 0.176. The highest BCUT2D eigenvalue weighted by Crippen LogP contribution is 2.23. The number of benzene rings is 2. The predicted octanol–water partition coefficient (Wildman–Crippen LogP) is 4.99. The molecule has 0 bridgehead atoms. The molecule has 1 amide bonds. The first-order valence-corrected chi connectivity index (χ1v) is 9.76. The molecule has 0 aliphatic rings. The zero-order valence-electron chi connectivity index (χ0n) is 14.3. The van der Waals surface area contributed by atoms with Crippen LogP contribution in [-0.2, 0) is 6.42 Å². The minimum Gasteiger partial charge on any atom is -0.361 e. The van der Waals surface area contributed by atoms with Crippen LogP contribution in [0.1, 0.15) is 16.1 Å². The number of thiazole rings is 1. The average Bonchev–Trinajstić information content (AvgIpc) is 3.29. The van der Waals surface area contributed by atoms with E-state index in [2.05, 4.69) is 26.7 Å². The van der Waals surface area contributed by atoms with E-state index in [-0.39, 0.29) is 5.91 Å². The Morgan fingerprint density at radius 3 is 2.96 bits per heavy atom. The number of carbonyl (C=O) groups is 1. The topological polar surface area (TPSA) is 69.8 Å². The first kappa shape index (κ1) is 17.6. The van der Waals surface area contributed by atoms with Crippen LogP contribution in [0.15, 0.2) is 60.1 Å². The van der Waals surface area contributed by atoms with Crippen LogP contribution in [0, 0.1) is 0 Å². The van der Waals surface area contributed by atoms with Crippen molar-refractivity contribution in [3.05, 3.63) is 76.4 Å². The van der Waals surface area contributed by atoms with Gasteiger partial charge in [-0.25, -0.2) is 4.98 Å². The predicted molar refractivity (Wildman–Crippen MR) is 111 cm³/mol. The summed E-state index contributed by atoms with van der Waals surface area (Å²) in [6, 6.07) is 15.5. The number of carbonyl (C=O) groups excluding carboxylic acids is 1. The molecule has 136 valence electrons. The van der Waals surface area contributed by atoms with Gasteiger partial charge in [-0.05, 0) is 36.2 Å². The van der Waals surface area contributed by atoms with E-state index in [1.54, 1.807) is 11.4 Å². The van der Waals surface area contributed by atoms with Gasteiger partial charge in [-0.2, -0.15) is 0 Å². The summed E-state index contributed by atoms with van der Waals surface area (Å²) in [5.74, 6) is -0.176. The second-order valence-electron chi connectivity index (χ2n) is 6.04. The Morgan fingerprint density at radius 2 is 2.07 bits per heavy atom. The van der Waals surface area contributed by atoms with Gasteiger partial charge in [0, 0.05) is 39.7 Å². The molecule has 3 N–H and O–H groups in total. The molecular weight excluding hydrogens is 380 g/mol. The zero-order chi connectivity index (χ0) is 18.6. The number of H-pyrrole nitrogens is 1. The lowest BCUT2D eigenvalue weighted by molar-refractivity contribution is 0.0950. The summed E-state index contributed by atoms with van der Waals surface area (Å²) in [5, 5.41) is 10.3. The van der Waals surface area contributed by atoms with Crippen molar-refractivity contribution >= 4 is 50.6 Å². The van der Waals surface area contributed by atoms with Crippen LogP contribution >= 0.6 is 22.9 Å². The van der Waals surface area contributed by atoms with Crippen molar-refractivity contribution in [1.82, 2.24) is 15.3 Å². The number of aromatic amines is 1. The van der Waals surface area contributed by atoms with Crippen molar-refractivity contribution in [2.24, 2.45) is 0 Å². The molecule has 2 aromatic heterocycles. The van der Waals surface area contributed by atoms with Crippen LogP contribution in [0.4, 0.5) is 10.8 Å². The van der Waals surface area contributed by atoms with E-state index in [4.69, 9.17) is 11.6 Å². The van der Waals surface area contributed by atoms with Crippen molar-refractivity contribution < 1.29 is 4.79 Å². The molecule has 0 spiro atoms. The fourth-order valence-electron chi connectivity index (χ4n) is 2.86. The molecule has 2 heterocycles. The van der Waals surface area contributed by atoms with E-state index < -0.39 is 0 Å². The summed E-state index contributed by atoms with van der Waals surface area (Å²) >= 11 is 7.36. The number of nitrogens with zero attached hydrogens (tertiary/aromatic N) is 1. The highest BCUT2D eigenvalue weighted by molar-refractivity contribution is 7.14. The molecule has 0 unspecified atom stereocenters. The third-order valence-corrected chi connectivity index (χ3v) is 5.16. The number of rotatable bonds is 6. The Kier molecular flexibility index (Phi) is 5.09. The molecule has 5 nitrogen and oxygen atoms in total. The van der Waals surface area contributed by atoms with Gasteiger partial charge in [0.15, 0.2) is 5.13 Å². The van der Waals surface area contributed by atoms with Crippen molar-refractivity contribution in [1.29, 1.82) is 0 Å². The first-order chi connectivity index (χ1) is 13.2. The van der Waals surface area contributed by atoms with Crippen LogP contribution in [0.3, 0.4) is 0 Å². The largest absolute Gasteiger partial charge is 0.361 e. The van der Waals surface area contributed by atoms with Crippen molar-refractivity contribution in [3.63, 3.8) is 0 Å². The van der Waals surface area contributed by atoms with E-state index in [0.29, 0.717) is 22.4 Å². The van der Waals surface area contributed by atoms with E-state index in [1.165, 1.54) is 22.3 Å². The van der Waals surface area contributed by atoms with E-state index >= 15 is 0 Å². The molecule has 0 saturated carbocycles. The molecule has 0 saturated heterocycles. The lowest BCUT2D eigenvalue weighted by Crippen LogP contribution is -2.25. The fourth-order valence-corrected chi connectivity index (χ4v) is 3.77. The highest BCUT2D eigenvalue weighted by Gasteiger charge is 2.11. The third kappa shape index (κ3) is 4.13. The Balaban J connectivity index is 1.34. The third-order valence-electron chi connectivity index (χ3n) is 4.17. The smallest absolute Gasteiger partial charge is 0.270 e. The van der Waals surface area contributed by atoms with Crippen molar-refractivity contribution in [2.75, 3.05) is 11.9 Å². The van der Waals surface area contributed by atoms with Crippen molar-refractivity contribution in [2.45, 2.75) is 6.42 Å². The van der Waals surface area contributed by atoms with Crippen LogP contribution in [0.5, 0.6) is 0 Å². The summed E-state index contributed by atoms with van der Waals surface area (Å²) in [7, 11) is 0. The lowest BCUT2D eigenvalue weighted by Gasteiger charge is -2.03. The van der Waals surface area contributed by atoms with Gasteiger partial charge in [0.2, 0.25) is 0 Å². The average molecular weight is 397 g/mol. The number of nitrogens with one attached hydrogen (secondary N) is 3. The molecular formula is C20H17ClN4OS. The maximum Gasteiger partial charge on any atom is 0.270 e. The zero-order valence-corrected chi connectivity index (χ0v) is 15.9. The number of amides is 1. The summed E-state index contributed by atoms with van der Waals surface area (Å²) in [4.78, 5) is 19.9. The van der Waals surface area contributed by atoms with Gasteiger partial charge in [0.1, 0.15) is 5.69 Å². The Morgan fingerprint density at radius 1 is 1.19 bits per heavy atom. The molecule has 27 heavy (non-hydrogen) atoms. The molecule has 0 aliphatic carbocycles. The number of anilines is 2. The van der Waals surface area contributed by atoms with E-state index in [1.807, 2.05) is 42.6 Å². The maximum atomic E-state index is 12.3. The maximum absolute atomic E-state index is 12.3. The van der Waals surface area contributed by atoms with Crippen molar-refractivity contribution in [3.8, 4) is 0 Å². The van der Waals surface area contributed by atoms with Gasteiger partial charge in [-0.15, -0.1) is 11.3 Å². The first-order valence-electron chi connectivity index (χ1n) is 8.50. The number of halogens is 1. The van der Waals surface area contributed by atoms with Gasteiger partial charge >= 0.3 is 0 Å². The number of hydrogen-bond acceptors (Lipinski definition) is 4. The minimum atomic E-state index is -0.176. The van der Waals surface area contributed by atoms with Crippen LogP contribution in [0.2, 0.25) is 5.02 Å². The number of para-hydroxylation sites is 1. The van der Waals surface area contributed by atoms with Crippen LogP contribution in [-0.4, -0.2) is 22.4 Å². The Bertz CT molecular complexity index is 1090. The van der Waals surface area contributed by atoms with Gasteiger partial charge in [-0.3, -0.25) is 4.79 Å². The normalized spacial score (nSPS) is 10.9. The second kappa shape index (κ2) is 7.82. The Hall–Kier alpha value is -2.83. The van der Waals surface area contributed by atoms with Crippen LogP contribution in [0.25, 0.3) is 10.9 Å². The van der Waals surface area contributed by atoms with Gasteiger partial charge in [-0.1, -0.05) is 35.9 Å². The monoisotopic (exact) mass is 396 g/mol. The van der Waals surface area contributed by atoms with Gasteiger partial charge in [0.05, 0.1) is 0 Å². The molecule has 0 atom stereocenters. The van der Waals surface area contributed by atoms with E-state index in [9.17, 15) is 4.79 Å². The number of hydrogen-bond donors (Lipinski definition) is 3. The molecule has 4 aromatic rings. The molecule has 7 heteroatoms. The molecule has 4 rings (SSSR count). The quantitative estimate of drug-likeness (QED) is 0.429. The molecule has 2 aromatic carbocycles. The standard InChI is InChI=1S/C20H17ClN4OS/c21-14-4-3-5-15(10-14)24-20-25-18(12-27-20)19(26)22-9-8-13-11-23-17-7-2-1-6-16(13)17/h1-7,10-12,23H,8-9H2,(H,22,26)(H,24,25). The molecule has 0 radical (unpaired) electrons. The second-order valence-corrected chi connectivity index (χ2v) is 7.33. The number of fused-ring (bicyclic) bond motifs is 1. The van der Waals surface area contributed by atoms with Gasteiger partial charge in [0.25, 0.3) is 5.91 Å². The fraction of sp³-hybridized carbons (Fsp3) is 0.100. The summed E-state index contributed by atoms with van der Waals surface area (Å²) in [6.45, 7) is 0.551. The SMILES string of the molecule is O=C(NCCc1c[nH]c2ccccc12)c1csc(Nc2cccc(Cl)c2)n1. The summed E-state index contributed by atoms with van der Waals surface area (Å²) in [6.07, 6.45) is 2.75. The summed E-state index contributed by atoms with van der Waals surface area (Å²) in [5.41, 5.74) is 3.54. The number of aromatic nitrogens is 2. The van der Waals surface area contributed by atoms with Crippen LogP contribution < -0.4 is 10.6 Å². The lowest BCUT2D eigenvalue weighted by atomic mass is 10.1. The highest BCUT2D eigenvalue weighted by atomic mass is 35.5. The Labute approximate surface area is 165 Å². The van der Waals surface area contributed by atoms with E-state index in [0.717, 1.165) is 17.6 Å².